The first-order valence-corrected chi connectivity index (χ1v) is 8.31. The van der Waals surface area contributed by atoms with Gasteiger partial charge in [0, 0.05) is 24.3 Å². The summed E-state index contributed by atoms with van der Waals surface area (Å²) in [6, 6.07) is 15.0. The lowest BCUT2D eigenvalue weighted by molar-refractivity contribution is -0.151. The smallest absolute Gasteiger partial charge is 0.329 e. The first-order chi connectivity index (χ1) is 12.0. The Kier molecular flexibility index (Phi) is 4.46. The van der Waals surface area contributed by atoms with E-state index in [9.17, 15) is 14.7 Å². The Bertz CT molecular complexity index is 790. The number of nitrogens with zero attached hydrogens (tertiary/aromatic N) is 2. The van der Waals surface area contributed by atoms with Crippen LogP contribution in [0.1, 0.15) is 19.4 Å². The van der Waals surface area contributed by atoms with Gasteiger partial charge in [0.2, 0.25) is 0 Å². The zero-order valence-corrected chi connectivity index (χ0v) is 14.3. The number of carbonyl (C=O) groups is 2. The molecule has 1 aliphatic heterocycles. The fourth-order valence-electron chi connectivity index (χ4n) is 3.16. The fourth-order valence-corrected chi connectivity index (χ4v) is 3.16. The van der Waals surface area contributed by atoms with E-state index in [-0.39, 0.29) is 0 Å². The molecule has 130 valence electrons. The Morgan fingerprint density at radius 3 is 2.32 bits per heavy atom. The van der Waals surface area contributed by atoms with Crippen LogP contribution in [0.25, 0.3) is 0 Å². The molecule has 2 N–H and O–H groups in total. The highest BCUT2D eigenvalue weighted by Crippen LogP contribution is 2.40. The number of fused-ring (bicyclic) bond motifs is 1. The van der Waals surface area contributed by atoms with Crippen molar-refractivity contribution in [1.29, 1.82) is 0 Å². The van der Waals surface area contributed by atoms with Gasteiger partial charge in [-0.2, -0.15) is 0 Å². The molecule has 25 heavy (non-hydrogen) atoms. The van der Waals surface area contributed by atoms with Crippen molar-refractivity contribution in [2.45, 2.75) is 19.6 Å². The van der Waals surface area contributed by atoms with E-state index in [0.717, 1.165) is 4.90 Å². The molecule has 2 aromatic rings. The molecule has 0 aromatic heterocycles. The Balaban J connectivity index is 2.23. The van der Waals surface area contributed by atoms with Crippen molar-refractivity contribution in [2.75, 3.05) is 23.3 Å². The van der Waals surface area contributed by atoms with Crippen LogP contribution in [0.4, 0.5) is 16.2 Å². The van der Waals surface area contributed by atoms with Gasteiger partial charge in [0.1, 0.15) is 0 Å². The predicted molar refractivity (Wildman–Crippen MR) is 96.2 cm³/mol. The minimum Gasteiger partial charge on any atom is -0.359 e. The molecule has 6 heteroatoms. The van der Waals surface area contributed by atoms with Crippen LogP contribution in [0.15, 0.2) is 54.6 Å². The Labute approximate surface area is 146 Å². The van der Waals surface area contributed by atoms with Crippen molar-refractivity contribution in [3.8, 4) is 0 Å². The number of hydrogen-bond acceptors (Lipinski definition) is 3. The largest absolute Gasteiger partial charge is 0.359 e. The summed E-state index contributed by atoms with van der Waals surface area (Å²) in [6.07, 6.45) is 0. The summed E-state index contributed by atoms with van der Waals surface area (Å²) in [4.78, 5) is 28.6. The highest BCUT2D eigenvalue weighted by Gasteiger charge is 2.53. The summed E-state index contributed by atoms with van der Waals surface area (Å²) >= 11 is 0. The Morgan fingerprint density at radius 1 is 1.08 bits per heavy atom. The SMILES string of the molecule is CCN(CC)C(=O)[C@]1(O)c2ccccc2NC(=O)N1c1ccccc1. The molecule has 6 nitrogen and oxygen atoms in total. The molecular formula is C19H21N3O3. The molecule has 1 heterocycles. The van der Waals surface area contributed by atoms with Crippen molar-refractivity contribution >= 4 is 23.3 Å². The normalized spacial score (nSPS) is 19.2. The number of carbonyl (C=O) groups excluding carboxylic acids is 2. The lowest BCUT2D eigenvalue weighted by Gasteiger charge is -2.44. The molecule has 0 aliphatic carbocycles. The van der Waals surface area contributed by atoms with E-state index >= 15 is 0 Å². The standard InChI is InChI=1S/C19H21N3O3/c1-3-21(4-2)17(23)19(25)15-12-8-9-13-16(15)20-18(24)22(19)14-10-6-5-7-11-14/h5-13,25H,3-4H2,1-2H3,(H,20,24)/t19-/m1/s1. The van der Waals surface area contributed by atoms with E-state index in [2.05, 4.69) is 5.32 Å². The molecule has 0 saturated carbocycles. The maximum Gasteiger partial charge on any atom is 0.329 e. The number of hydrogen-bond donors (Lipinski definition) is 2. The minimum atomic E-state index is -2.10. The molecule has 0 saturated heterocycles. The van der Waals surface area contributed by atoms with E-state index in [1.54, 1.807) is 48.5 Å². The van der Waals surface area contributed by atoms with Crippen LogP contribution in [0.3, 0.4) is 0 Å². The van der Waals surface area contributed by atoms with E-state index in [1.807, 2.05) is 19.9 Å². The monoisotopic (exact) mass is 339 g/mol. The van der Waals surface area contributed by atoms with Gasteiger partial charge in [-0.1, -0.05) is 36.4 Å². The zero-order valence-electron chi connectivity index (χ0n) is 14.3. The summed E-state index contributed by atoms with van der Waals surface area (Å²) in [7, 11) is 0. The van der Waals surface area contributed by atoms with Crippen LogP contribution in [0.5, 0.6) is 0 Å². The lowest BCUT2D eigenvalue weighted by atomic mass is 9.94. The molecular weight excluding hydrogens is 318 g/mol. The highest BCUT2D eigenvalue weighted by atomic mass is 16.3. The molecule has 0 fully saturated rings. The van der Waals surface area contributed by atoms with Gasteiger partial charge in [-0.25, -0.2) is 4.79 Å². The van der Waals surface area contributed by atoms with E-state index < -0.39 is 17.7 Å². The molecule has 0 unspecified atom stereocenters. The first kappa shape index (κ1) is 17.0. The maximum absolute atomic E-state index is 13.2. The average Bonchev–Trinajstić information content (AvgIpc) is 2.63. The third-order valence-electron chi connectivity index (χ3n) is 4.43. The molecule has 0 bridgehead atoms. The Hall–Kier alpha value is -2.86. The number of aliphatic hydroxyl groups is 1. The average molecular weight is 339 g/mol. The second-order valence-electron chi connectivity index (χ2n) is 5.80. The van der Waals surface area contributed by atoms with Gasteiger partial charge in [0.25, 0.3) is 11.6 Å². The number of benzene rings is 2. The van der Waals surface area contributed by atoms with Gasteiger partial charge >= 0.3 is 6.03 Å². The molecule has 0 radical (unpaired) electrons. The summed E-state index contributed by atoms with van der Waals surface area (Å²) in [5, 5.41) is 14.3. The van der Waals surface area contributed by atoms with Crippen molar-refractivity contribution < 1.29 is 14.7 Å². The maximum atomic E-state index is 13.2. The van der Waals surface area contributed by atoms with Crippen molar-refractivity contribution in [3.05, 3.63) is 60.2 Å². The van der Waals surface area contributed by atoms with Crippen LogP contribution in [-0.4, -0.2) is 35.0 Å². The van der Waals surface area contributed by atoms with Gasteiger partial charge in [-0.3, -0.25) is 9.69 Å². The molecule has 3 rings (SSSR count). The van der Waals surface area contributed by atoms with Gasteiger partial charge < -0.3 is 15.3 Å². The number of anilines is 2. The highest BCUT2D eigenvalue weighted by molar-refractivity contribution is 6.11. The number of nitrogens with one attached hydrogen (secondary N) is 1. The third-order valence-corrected chi connectivity index (χ3v) is 4.43. The number of likely N-dealkylation sites (N-methyl/N-ethyl adjacent to an activating group) is 1. The summed E-state index contributed by atoms with van der Waals surface area (Å²) in [6.45, 7) is 4.55. The fraction of sp³-hybridized carbons (Fsp3) is 0.263. The number of amides is 3. The van der Waals surface area contributed by atoms with E-state index in [0.29, 0.717) is 30.0 Å². The van der Waals surface area contributed by atoms with Gasteiger partial charge in [-0.05, 0) is 32.0 Å². The van der Waals surface area contributed by atoms with Crippen LogP contribution in [0.2, 0.25) is 0 Å². The van der Waals surface area contributed by atoms with Gasteiger partial charge in [-0.15, -0.1) is 0 Å². The van der Waals surface area contributed by atoms with Crippen LogP contribution in [0, 0.1) is 0 Å². The van der Waals surface area contributed by atoms with Crippen molar-refractivity contribution in [3.63, 3.8) is 0 Å². The number of para-hydroxylation sites is 2. The quantitative estimate of drug-likeness (QED) is 0.899. The summed E-state index contributed by atoms with van der Waals surface area (Å²) in [5.74, 6) is -0.524. The van der Waals surface area contributed by atoms with Gasteiger partial charge in [0.05, 0.1) is 5.69 Å². The topological polar surface area (TPSA) is 72.9 Å². The van der Waals surface area contributed by atoms with Crippen molar-refractivity contribution in [1.82, 2.24) is 4.90 Å². The van der Waals surface area contributed by atoms with Gasteiger partial charge in [0.15, 0.2) is 0 Å². The zero-order chi connectivity index (χ0) is 18.0. The number of rotatable bonds is 4. The molecule has 0 spiro atoms. The van der Waals surface area contributed by atoms with Crippen LogP contribution >= 0.6 is 0 Å². The molecule has 1 aliphatic rings. The number of urea groups is 1. The second-order valence-corrected chi connectivity index (χ2v) is 5.80. The van der Waals surface area contributed by atoms with E-state index in [1.165, 1.54) is 4.90 Å². The predicted octanol–water partition coefficient (Wildman–Crippen LogP) is 2.75. The van der Waals surface area contributed by atoms with E-state index in [4.69, 9.17) is 0 Å². The van der Waals surface area contributed by atoms with Crippen LogP contribution < -0.4 is 10.2 Å². The molecule has 3 amide bonds. The minimum absolute atomic E-state index is 0.357. The van der Waals surface area contributed by atoms with Crippen molar-refractivity contribution in [2.24, 2.45) is 0 Å². The summed E-state index contributed by atoms with van der Waals surface area (Å²) in [5.41, 5.74) is -0.873. The molecule has 1 atom stereocenters. The summed E-state index contributed by atoms with van der Waals surface area (Å²) < 4.78 is 0. The lowest BCUT2D eigenvalue weighted by Crippen LogP contribution is -2.63. The first-order valence-electron chi connectivity index (χ1n) is 8.31. The molecule has 2 aromatic carbocycles. The van der Waals surface area contributed by atoms with Crippen LogP contribution in [-0.2, 0) is 10.5 Å². The Morgan fingerprint density at radius 2 is 1.68 bits per heavy atom. The second kappa shape index (κ2) is 6.57. The third kappa shape index (κ3) is 2.64.